The van der Waals surface area contributed by atoms with E-state index in [-0.39, 0.29) is 0 Å². The van der Waals surface area contributed by atoms with E-state index < -0.39 is 0 Å². The lowest BCUT2D eigenvalue weighted by molar-refractivity contribution is 0.305. The zero-order valence-electron chi connectivity index (χ0n) is 12.2. The summed E-state index contributed by atoms with van der Waals surface area (Å²) in [7, 11) is 0. The summed E-state index contributed by atoms with van der Waals surface area (Å²) in [5.74, 6) is 1.39. The Balaban J connectivity index is 2.05. The lowest BCUT2D eigenvalue weighted by Gasteiger charge is -2.14. The Kier molecular flexibility index (Phi) is 6.55. The van der Waals surface area contributed by atoms with Gasteiger partial charge in [-0.2, -0.15) is 0 Å². The van der Waals surface area contributed by atoms with Gasteiger partial charge in [0.15, 0.2) is 0 Å². The molecule has 0 aliphatic rings. The topological polar surface area (TPSA) is 21.3 Å². The molecule has 2 aromatic rings. The van der Waals surface area contributed by atoms with E-state index in [1.807, 2.05) is 23.6 Å². The van der Waals surface area contributed by atoms with Gasteiger partial charge in [-0.15, -0.1) is 11.3 Å². The van der Waals surface area contributed by atoms with Crippen LogP contribution in [0.2, 0.25) is 5.02 Å². The van der Waals surface area contributed by atoms with Crippen LogP contribution in [-0.2, 0) is 13.2 Å². The molecular formula is C16H19BrClNOS. The van der Waals surface area contributed by atoms with E-state index in [1.54, 1.807) is 11.3 Å². The molecule has 0 spiro atoms. The highest BCUT2D eigenvalue weighted by molar-refractivity contribution is 9.10. The largest absolute Gasteiger partial charge is 0.486 e. The first-order chi connectivity index (χ1) is 10.1. The Morgan fingerprint density at radius 1 is 1.33 bits per heavy atom. The Hall–Kier alpha value is -0.550. The second-order valence-electron chi connectivity index (χ2n) is 5.23. The smallest absolute Gasteiger partial charge is 0.142 e. The predicted molar refractivity (Wildman–Crippen MR) is 94.3 cm³/mol. The molecule has 2 rings (SSSR count). The molecule has 5 heteroatoms. The first-order valence-electron chi connectivity index (χ1n) is 6.90. The average Bonchev–Trinajstić information content (AvgIpc) is 2.83. The van der Waals surface area contributed by atoms with Gasteiger partial charge in [-0.1, -0.05) is 37.6 Å². The molecule has 21 heavy (non-hydrogen) atoms. The van der Waals surface area contributed by atoms with Crippen LogP contribution in [0.15, 0.2) is 34.1 Å². The molecule has 0 fully saturated rings. The van der Waals surface area contributed by atoms with Crippen molar-refractivity contribution in [3.8, 4) is 5.75 Å². The van der Waals surface area contributed by atoms with E-state index >= 15 is 0 Å². The molecule has 1 aromatic heterocycles. The number of halogens is 2. The lowest BCUT2D eigenvalue weighted by atomic mass is 10.2. The molecule has 0 bridgehead atoms. The van der Waals surface area contributed by atoms with Gasteiger partial charge in [0.25, 0.3) is 0 Å². The van der Waals surface area contributed by atoms with Crippen molar-refractivity contribution in [1.82, 2.24) is 5.32 Å². The molecule has 1 aromatic carbocycles. The van der Waals surface area contributed by atoms with Crippen molar-refractivity contribution in [2.24, 2.45) is 5.92 Å². The van der Waals surface area contributed by atoms with Crippen LogP contribution < -0.4 is 10.1 Å². The summed E-state index contributed by atoms with van der Waals surface area (Å²) >= 11 is 11.5. The highest BCUT2D eigenvalue weighted by Gasteiger charge is 2.10. The number of ether oxygens (including phenoxy) is 1. The normalized spacial score (nSPS) is 11.1. The van der Waals surface area contributed by atoms with Gasteiger partial charge in [0, 0.05) is 16.6 Å². The van der Waals surface area contributed by atoms with Gasteiger partial charge in [-0.25, -0.2) is 0 Å². The van der Waals surface area contributed by atoms with Crippen LogP contribution in [0.5, 0.6) is 5.75 Å². The third kappa shape index (κ3) is 4.99. The molecule has 0 atom stereocenters. The fourth-order valence-electron chi connectivity index (χ4n) is 1.92. The maximum Gasteiger partial charge on any atom is 0.142 e. The number of rotatable bonds is 7. The van der Waals surface area contributed by atoms with Crippen LogP contribution in [0.3, 0.4) is 0 Å². The van der Waals surface area contributed by atoms with Gasteiger partial charge in [0.1, 0.15) is 12.4 Å². The van der Waals surface area contributed by atoms with Gasteiger partial charge in [-0.3, -0.25) is 0 Å². The maximum atomic E-state index is 6.29. The Labute approximate surface area is 143 Å². The maximum absolute atomic E-state index is 6.29. The second kappa shape index (κ2) is 8.18. The molecule has 1 N–H and O–H groups in total. The van der Waals surface area contributed by atoms with E-state index in [0.29, 0.717) is 17.5 Å². The molecule has 0 radical (unpaired) electrons. The molecule has 0 saturated carbocycles. The first-order valence-corrected chi connectivity index (χ1v) is 8.95. The van der Waals surface area contributed by atoms with Crippen molar-refractivity contribution in [3.63, 3.8) is 0 Å². The summed E-state index contributed by atoms with van der Waals surface area (Å²) in [6.07, 6.45) is 0. The number of hydrogen-bond donors (Lipinski definition) is 1. The number of hydrogen-bond acceptors (Lipinski definition) is 3. The molecule has 0 aliphatic heterocycles. The monoisotopic (exact) mass is 387 g/mol. The van der Waals surface area contributed by atoms with Crippen LogP contribution in [0.25, 0.3) is 0 Å². The third-order valence-electron chi connectivity index (χ3n) is 2.96. The Bertz CT molecular complexity index is 585. The molecule has 0 amide bonds. The van der Waals surface area contributed by atoms with Crippen molar-refractivity contribution in [2.75, 3.05) is 6.54 Å². The van der Waals surface area contributed by atoms with Crippen LogP contribution in [0, 0.1) is 5.92 Å². The van der Waals surface area contributed by atoms with E-state index in [4.69, 9.17) is 16.3 Å². The minimum Gasteiger partial charge on any atom is -0.486 e. The molecule has 1 heterocycles. The van der Waals surface area contributed by atoms with Crippen molar-refractivity contribution < 1.29 is 4.74 Å². The number of benzene rings is 1. The fourth-order valence-corrected chi connectivity index (χ4v) is 3.54. The lowest BCUT2D eigenvalue weighted by Crippen LogP contribution is -2.19. The summed E-state index contributed by atoms with van der Waals surface area (Å²) < 4.78 is 7.04. The minimum atomic E-state index is 0.527. The standard InChI is InChI=1S/C16H19BrClNOS/c1-11(2)8-19-9-12-4-3-5-14(18)16(12)20-10-15-13(17)6-7-21-15/h3-7,11,19H,8-10H2,1-2H3. The molecular weight excluding hydrogens is 370 g/mol. The average molecular weight is 389 g/mol. The van der Waals surface area contributed by atoms with Crippen molar-refractivity contribution in [3.05, 3.63) is 49.6 Å². The zero-order chi connectivity index (χ0) is 15.2. The van der Waals surface area contributed by atoms with Crippen molar-refractivity contribution in [2.45, 2.75) is 27.0 Å². The Morgan fingerprint density at radius 3 is 2.81 bits per heavy atom. The van der Waals surface area contributed by atoms with Gasteiger partial charge in [-0.05, 0) is 45.9 Å². The quantitative estimate of drug-likeness (QED) is 0.677. The van der Waals surface area contributed by atoms with E-state index in [1.165, 1.54) is 0 Å². The number of nitrogens with one attached hydrogen (secondary N) is 1. The summed E-state index contributed by atoms with van der Waals surface area (Å²) in [5, 5.41) is 6.13. The van der Waals surface area contributed by atoms with E-state index in [9.17, 15) is 0 Å². The summed E-state index contributed by atoms with van der Waals surface area (Å²) in [4.78, 5) is 1.16. The van der Waals surface area contributed by atoms with Gasteiger partial charge < -0.3 is 10.1 Å². The fraction of sp³-hybridized carbons (Fsp3) is 0.375. The van der Waals surface area contributed by atoms with E-state index in [0.717, 1.165) is 33.8 Å². The first kappa shape index (κ1) is 16.8. The van der Waals surface area contributed by atoms with Crippen LogP contribution >= 0.6 is 38.9 Å². The predicted octanol–water partition coefficient (Wildman–Crippen LogP) is 5.49. The van der Waals surface area contributed by atoms with Crippen molar-refractivity contribution in [1.29, 1.82) is 0 Å². The van der Waals surface area contributed by atoms with Crippen LogP contribution in [0.4, 0.5) is 0 Å². The minimum absolute atomic E-state index is 0.527. The van der Waals surface area contributed by atoms with Gasteiger partial charge in [0.05, 0.1) is 9.90 Å². The Morgan fingerprint density at radius 2 is 2.14 bits per heavy atom. The summed E-state index contributed by atoms with van der Waals surface area (Å²) in [5.41, 5.74) is 1.09. The number of thiophene rings is 1. The molecule has 0 saturated heterocycles. The van der Waals surface area contributed by atoms with Crippen LogP contribution in [0.1, 0.15) is 24.3 Å². The van der Waals surface area contributed by atoms with Gasteiger partial charge >= 0.3 is 0 Å². The highest BCUT2D eigenvalue weighted by atomic mass is 79.9. The second-order valence-corrected chi connectivity index (χ2v) is 7.50. The van der Waals surface area contributed by atoms with Crippen LogP contribution in [-0.4, -0.2) is 6.54 Å². The summed E-state index contributed by atoms with van der Waals surface area (Å²) in [6, 6.07) is 7.91. The molecule has 0 unspecified atom stereocenters. The molecule has 2 nitrogen and oxygen atoms in total. The van der Waals surface area contributed by atoms with Crippen molar-refractivity contribution >= 4 is 38.9 Å². The highest BCUT2D eigenvalue weighted by Crippen LogP contribution is 2.31. The number of para-hydroxylation sites is 1. The summed E-state index contributed by atoms with van der Waals surface area (Å²) in [6.45, 7) is 6.65. The molecule has 0 aliphatic carbocycles. The van der Waals surface area contributed by atoms with Gasteiger partial charge in [0.2, 0.25) is 0 Å². The van der Waals surface area contributed by atoms with E-state index in [2.05, 4.69) is 41.2 Å². The zero-order valence-corrected chi connectivity index (χ0v) is 15.3. The molecule has 114 valence electrons. The SMILES string of the molecule is CC(C)CNCc1cccc(Cl)c1OCc1sccc1Br. The third-order valence-corrected chi connectivity index (χ3v) is 5.15.